The van der Waals surface area contributed by atoms with Crippen LogP contribution >= 0.6 is 11.8 Å². The van der Waals surface area contributed by atoms with Crippen molar-refractivity contribution in [2.45, 2.75) is 5.03 Å². The molecule has 2 aromatic heterocycles. The number of nitrogens with two attached hydrogens (primary N) is 1. The van der Waals surface area contributed by atoms with Crippen LogP contribution in [-0.2, 0) is 4.79 Å². The van der Waals surface area contributed by atoms with Gasteiger partial charge in [0.25, 0.3) is 0 Å². The number of benzene rings is 1. The molecule has 0 spiro atoms. The highest BCUT2D eigenvalue weighted by Crippen LogP contribution is 2.31. The van der Waals surface area contributed by atoms with Gasteiger partial charge in [0.15, 0.2) is 0 Å². The first-order valence-corrected chi connectivity index (χ1v) is 6.89. The Balaban J connectivity index is 2.17. The Morgan fingerprint density at radius 1 is 1.45 bits per heavy atom. The van der Waals surface area contributed by atoms with Crippen molar-refractivity contribution in [3.8, 4) is 5.75 Å². The van der Waals surface area contributed by atoms with Gasteiger partial charge in [-0.15, -0.1) is 0 Å². The molecule has 3 N–H and O–H groups in total. The average Bonchev–Trinajstić information content (AvgIpc) is 2.83. The van der Waals surface area contributed by atoms with Crippen molar-refractivity contribution in [3.05, 3.63) is 24.5 Å². The Bertz CT molecular complexity index is 800. The molecule has 0 unspecified atom stereocenters. The molecule has 3 aromatic rings. The number of nitrogens with zero attached hydrogens (tertiary/aromatic N) is 2. The number of aromatic nitrogens is 3. The third kappa shape index (κ3) is 2.16. The Labute approximate surface area is 118 Å². The SMILES string of the molecule is COc1ccc2[nH]c3c(SCC(N)=O)ncnc3c2c1. The number of thioether (sulfide) groups is 1. The maximum absolute atomic E-state index is 10.9. The lowest BCUT2D eigenvalue weighted by Crippen LogP contribution is -2.13. The van der Waals surface area contributed by atoms with Crippen molar-refractivity contribution in [1.82, 2.24) is 15.0 Å². The largest absolute Gasteiger partial charge is 0.497 e. The van der Waals surface area contributed by atoms with Crippen LogP contribution in [0.3, 0.4) is 0 Å². The molecule has 0 bridgehead atoms. The van der Waals surface area contributed by atoms with E-state index in [4.69, 9.17) is 10.5 Å². The fourth-order valence-corrected chi connectivity index (χ4v) is 2.72. The second-order valence-corrected chi connectivity index (χ2v) is 5.16. The van der Waals surface area contributed by atoms with E-state index in [-0.39, 0.29) is 11.7 Å². The number of ether oxygens (including phenoxy) is 1. The van der Waals surface area contributed by atoms with Gasteiger partial charge in [0.05, 0.1) is 18.4 Å². The molecule has 2 heterocycles. The molecule has 0 aliphatic rings. The van der Waals surface area contributed by atoms with Gasteiger partial charge in [0.1, 0.15) is 22.6 Å². The molecule has 0 saturated heterocycles. The van der Waals surface area contributed by atoms with Crippen LogP contribution in [0, 0.1) is 0 Å². The molecule has 1 aromatic carbocycles. The second-order valence-electron chi connectivity index (χ2n) is 4.19. The summed E-state index contributed by atoms with van der Waals surface area (Å²) in [5.41, 5.74) is 7.73. The Kier molecular flexibility index (Phi) is 3.19. The van der Waals surface area contributed by atoms with Gasteiger partial charge in [-0.3, -0.25) is 4.79 Å². The molecular weight excluding hydrogens is 276 g/mol. The van der Waals surface area contributed by atoms with E-state index in [0.29, 0.717) is 5.03 Å². The molecule has 1 amide bonds. The third-order valence-corrected chi connectivity index (χ3v) is 3.92. The number of primary amides is 1. The number of H-pyrrole nitrogens is 1. The fourth-order valence-electron chi connectivity index (χ4n) is 2.03. The molecule has 102 valence electrons. The molecule has 0 radical (unpaired) electrons. The van der Waals surface area contributed by atoms with Gasteiger partial charge in [-0.1, -0.05) is 11.8 Å². The summed E-state index contributed by atoms with van der Waals surface area (Å²) < 4.78 is 5.23. The molecule has 0 saturated carbocycles. The van der Waals surface area contributed by atoms with Crippen LogP contribution in [-0.4, -0.2) is 33.7 Å². The lowest BCUT2D eigenvalue weighted by atomic mass is 10.2. The van der Waals surface area contributed by atoms with E-state index >= 15 is 0 Å². The monoisotopic (exact) mass is 288 g/mol. The molecule has 3 rings (SSSR count). The highest BCUT2D eigenvalue weighted by Gasteiger charge is 2.12. The van der Waals surface area contributed by atoms with Crippen molar-refractivity contribution < 1.29 is 9.53 Å². The first-order valence-electron chi connectivity index (χ1n) is 5.90. The molecule has 6 nitrogen and oxygen atoms in total. The van der Waals surface area contributed by atoms with Crippen molar-refractivity contribution in [2.24, 2.45) is 5.73 Å². The zero-order valence-electron chi connectivity index (χ0n) is 10.7. The molecule has 0 aliphatic carbocycles. The number of hydrogen-bond acceptors (Lipinski definition) is 5. The standard InChI is InChI=1S/C13H12N4O2S/c1-19-7-2-3-9-8(4-7)11-12(17-9)13(16-6-15-11)20-5-10(14)18/h2-4,6,17H,5H2,1H3,(H2,14,18). The van der Waals surface area contributed by atoms with Gasteiger partial charge in [-0.25, -0.2) is 9.97 Å². The zero-order valence-corrected chi connectivity index (χ0v) is 11.5. The van der Waals surface area contributed by atoms with E-state index in [1.165, 1.54) is 18.1 Å². The van der Waals surface area contributed by atoms with E-state index in [9.17, 15) is 4.79 Å². The number of rotatable bonds is 4. The summed E-state index contributed by atoms with van der Waals surface area (Å²) in [5, 5.41) is 1.67. The number of nitrogens with one attached hydrogen (secondary N) is 1. The molecule has 0 fully saturated rings. The summed E-state index contributed by atoms with van der Waals surface area (Å²) in [5.74, 6) is 0.577. The van der Waals surface area contributed by atoms with Gasteiger partial charge in [0.2, 0.25) is 5.91 Å². The summed E-state index contributed by atoms with van der Waals surface area (Å²) in [4.78, 5) is 22.7. The van der Waals surface area contributed by atoms with E-state index in [1.807, 2.05) is 18.2 Å². The van der Waals surface area contributed by atoms with Crippen molar-refractivity contribution in [1.29, 1.82) is 0 Å². The van der Waals surface area contributed by atoms with Crippen molar-refractivity contribution >= 4 is 39.6 Å². The molecule has 0 atom stereocenters. The number of carbonyl (C=O) groups excluding carboxylic acids is 1. The second kappa shape index (κ2) is 5.01. The van der Waals surface area contributed by atoms with Gasteiger partial charge < -0.3 is 15.5 Å². The van der Waals surface area contributed by atoms with Crippen molar-refractivity contribution in [3.63, 3.8) is 0 Å². The highest BCUT2D eigenvalue weighted by atomic mass is 32.2. The number of hydrogen-bond donors (Lipinski definition) is 2. The van der Waals surface area contributed by atoms with E-state index in [1.54, 1.807) is 7.11 Å². The smallest absolute Gasteiger partial charge is 0.227 e. The zero-order chi connectivity index (χ0) is 14.1. The van der Waals surface area contributed by atoms with Crippen LogP contribution < -0.4 is 10.5 Å². The first kappa shape index (κ1) is 12.7. The van der Waals surface area contributed by atoms with E-state index in [2.05, 4.69) is 15.0 Å². The van der Waals surface area contributed by atoms with Crippen LogP contribution in [0.4, 0.5) is 0 Å². The molecule has 7 heteroatoms. The molecule has 0 aliphatic heterocycles. The number of amides is 1. The average molecular weight is 288 g/mol. The van der Waals surface area contributed by atoms with Crippen LogP contribution in [0.2, 0.25) is 0 Å². The van der Waals surface area contributed by atoms with E-state index < -0.39 is 0 Å². The Hall–Kier alpha value is -2.28. The minimum atomic E-state index is -0.375. The van der Waals surface area contributed by atoms with Gasteiger partial charge >= 0.3 is 0 Å². The fraction of sp³-hybridized carbons (Fsp3) is 0.154. The summed E-state index contributed by atoms with van der Waals surface area (Å²) >= 11 is 1.30. The minimum Gasteiger partial charge on any atom is -0.497 e. The summed E-state index contributed by atoms with van der Waals surface area (Å²) in [6.45, 7) is 0. The van der Waals surface area contributed by atoms with Crippen LogP contribution in [0.25, 0.3) is 21.9 Å². The number of aromatic amines is 1. The predicted molar refractivity (Wildman–Crippen MR) is 77.9 cm³/mol. The Morgan fingerprint density at radius 3 is 3.05 bits per heavy atom. The third-order valence-electron chi connectivity index (χ3n) is 2.91. The lowest BCUT2D eigenvalue weighted by Gasteiger charge is -1.99. The lowest BCUT2D eigenvalue weighted by molar-refractivity contribution is -0.115. The normalized spacial score (nSPS) is 11.1. The van der Waals surface area contributed by atoms with Crippen LogP contribution in [0.5, 0.6) is 5.75 Å². The number of carbonyl (C=O) groups is 1. The van der Waals surface area contributed by atoms with Gasteiger partial charge in [-0.2, -0.15) is 0 Å². The maximum atomic E-state index is 10.9. The van der Waals surface area contributed by atoms with Crippen LogP contribution in [0.15, 0.2) is 29.6 Å². The number of methoxy groups -OCH3 is 1. The van der Waals surface area contributed by atoms with Gasteiger partial charge in [0, 0.05) is 10.9 Å². The van der Waals surface area contributed by atoms with Crippen LogP contribution in [0.1, 0.15) is 0 Å². The quantitative estimate of drug-likeness (QED) is 0.563. The number of fused-ring (bicyclic) bond motifs is 3. The Morgan fingerprint density at radius 2 is 2.30 bits per heavy atom. The summed E-state index contributed by atoms with van der Waals surface area (Å²) in [6, 6.07) is 5.73. The maximum Gasteiger partial charge on any atom is 0.227 e. The topological polar surface area (TPSA) is 93.9 Å². The summed E-state index contributed by atoms with van der Waals surface area (Å²) in [7, 11) is 1.62. The molecule has 20 heavy (non-hydrogen) atoms. The molecular formula is C13H12N4O2S. The van der Waals surface area contributed by atoms with Crippen molar-refractivity contribution in [2.75, 3.05) is 12.9 Å². The highest BCUT2D eigenvalue weighted by molar-refractivity contribution is 8.00. The summed E-state index contributed by atoms with van der Waals surface area (Å²) in [6.07, 6.45) is 1.48. The first-order chi connectivity index (χ1) is 9.69. The van der Waals surface area contributed by atoms with Gasteiger partial charge in [-0.05, 0) is 18.2 Å². The van der Waals surface area contributed by atoms with E-state index in [0.717, 1.165) is 27.7 Å². The predicted octanol–water partition coefficient (Wildman–Crippen LogP) is 1.70. The minimum absolute atomic E-state index is 0.185.